The molecular weight excluding hydrogens is 465 g/mol. The van der Waals surface area contributed by atoms with E-state index in [0.717, 1.165) is 5.56 Å². The molecule has 2 aliphatic heterocycles. The molecule has 1 atom stereocenters. The molecule has 2 aliphatic rings. The van der Waals surface area contributed by atoms with Crippen molar-refractivity contribution < 1.29 is 28.3 Å². The minimum atomic E-state index is -1.73. The maximum atomic E-state index is 13.7. The van der Waals surface area contributed by atoms with Gasteiger partial charge < -0.3 is 15.0 Å². The van der Waals surface area contributed by atoms with E-state index < -0.39 is 35.9 Å². The van der Waals surface area contributed by atoms with E-state index in [4.69, 9.17) is 4.74 Å². The van der Waals surface area contributed by atoms with Crippen LogP contribution in [0.25, 0.3) is 0 Å². The maximum Gasteiger partial charge on any atom is 0.354 e. The number of amides is 3. The predicted molar refractivity (Wildman–Crippen MR) is 128 cm³/mol. The monoisotopic (exact) mass is 487 g/mol. The van der Waals surface area contributed by atoms with E-state index in [2.05, 4.69) is 5.32 Å². The van der Waals surface area contributed by atoms with Crippen LogP contribution in [0.3, 0.4) is 0 Å². The van der Waals surface area contributed by atoms with Crippen LogP contribution < -0.4 is 10.2 Å². The lowest BCUT2D eigenvalue weighted by molar-refractivity contribution is -0.159. The molecule has 0 spiro atoms. The molecule has 3 amide bonds. The average molecular weight is 487 g/mol. The highest BCUT2D eigenvalue weighted by Gasteiger charge is 2.62. The Morgan fingerprint density at radius 3 is 2.39 bits per heavy atom. The first-order valence-electron chi connectivity index (χ1n) is 11.4. The second-order valence-electron chi connectivity index (χ2n) is 8.57. The number of benzene rings is 3. The number of ether oxygens (including phenoxy) is 1. The molecule has 5 rings (SSSR count). The van der Waals surface area contributed by atoms with Gasteiger partial charge in [0.1, 0.15) is 5.82 Å². The first kappa shape index (κ1) is 23.2. The van der Waals surface area contributed by atoms with Gasteiger partial charge in [0.2, 0.25) is 11.6 Å². The van der Waals surface area contributed by atoms with Crippen molar-refractivity contribution in [2.45, 2.75) is 25.0 Å². The van der Waals surface area contributed by atoms with Crippen LogP contribution >= 0.6 is 0 Å². The Kier molecular flexibility index (Phi) is 5.97. The fraction of sp³-hybridized carbons (Fsp3) is 0.185. The van der Waals surface area contributed by atoms with Crippen LogP contribution in [-0.2, 0) is 25.7 Å². The molecule has 3 aromatic rings. The van der Waals surface area contributed by atoms with Crippen molar-refractivity contribution in [3.05, 3.63) is 95.8 Å². The van der Waals surface area contributed by atoms with Gasteiger partial charge in [0.05, 0.1) is 11.3 Å². The Bertz CT molecular complexity index is 1350. The Morgan fingerprint density at radius 2 is 1.64 bits per heavy atom. The van der Waals surface area contributed by atoms with Gasteiger partial charge in [-0.2, -0.15) is 0 Å². The van der Waals surface area contributed by atoms with E-state index >= 15 is 0 Å². The normalized spacial score (nSPS) is 18.5. The van der Waals surface area contributed by atoms with Crippen molar-refractivity contribution in [1.29, 1.82) is 0 Å². The van der Waals surface area contributed by atoms with Crippen LogP contribution in [0.1, 0.15) is 28.8 Å². The quantitative estimate of drug-likeness (QED) is 0.537. The molecule has 1 fully saturated rings. The minimum absolute atomic E-state index is 0.0250. The molecule has 8 nitrogen and oxygen atoms in total. The standard InChI is InChI=1S/C27H22FN3O5/c28-19-10-12-20(13-11-19)29-23(32)17-36-26(35)27-15-14-24(33)31(27)22-9-5-4-8-21(22)25(34)30(27)16-18-6-2-1-3-7-18/h1-13H,14-17H2,(H,29,32)/t27-/m0/s1. The Hall–Kier alpha value is -4.53. The Balaban J connectivity index is 1.46. The molecule has 0 unspecified atom stereocenters. The molecule has 182 valence electrons. The van der Waals surface area contributed by atoms with Gasteiger partial charge in [-0.3, -0.25) is 19.3 Å². The summed E-state index contributed by atoms with van der Waals surface area (Å²) in [4.78, 5) is 55.5. The highest BCUT2D eigenvalue weighted by Crippen LogP contribution is 2.45. The zero-order valence-electron chi connectivity index (χ0n) is 19.1. The second-order valence-corrected chi connectivity index (χ2v) is 8.57. The zero-order chi connectivity index (χ0) is 25.3. The third-order valence-electron chi connectivity index (χ3n) is 6.35. The molecule has 1 saturated heterocycles. The third kappa shape index (κ3) is 3.98. The lowest BCUT2D eigenvalue weighted by Gasteiger charge is -2.48. The summed E-state index contributed by atoms with van der Waals surface area (Å²) in [7, 11) is 0. The zero-order valence-corrected chi connectivity index (χ0v) is 19.1. The molecule has 0 aromatic heterocycles. The van der Waals surface area contributed by atoms with Crippen LogP contribution in [-0.4, -0.2) is 40.9 Å². The number of hydrogen-bond donors (Lipinski definition) is 1. The Labute approximate surface area is 206 Å². The summed E-state index contributed by atoms with van der Waals surface area (Å²) < 4.78 is 18.5. The van der Waals surface area contributed by atoms with Crippen LogP contribution in [0.4, 0.5) is 15.8 Å². The summed E-state index contributed by atoms with van der Waals surface area (Å²) in [5, 5.41) is 2.53. The lowest BCUT2D eigenvalue weighted by atomic mass is 9.95. The number of esters is 1. The number of hydrogen-bond acceptors (Lipinski definition) is 5. The highest BCUT2D eigenvalue weighted by atomic mass is 19.1. The third-order valence-corrected chi connectivity index (χ3v) is 6.35. The molecule has 0 saturated carbocycles. The highest BCUT2D eigenvalue weighted by molar-refractivity contribution is 6.15. The van der Waals surface area contributed by atoms with Crippen molar-refractivity contribution in [1.82, 2.24) is 4.90 Å². The van der Waals surface area contributed by atoms with Crippen molar-refractivity contribution in [3.8, 4) is 0 Å². The predicted octanol–water partition coefficient (Wildman–Crippen LogP) is 3.49. The summed E-state index contributed by atoms with van der Waals surface area (Å²) in [6.07, 6.45) is 0.0565. The van der Waals surface area contributed by atoms with Crippen LogP contribution in [0.2, 0.25) is 0 Å². The molecular formula is C27H22FN3O5. The summed E-state index contributed by atoms with van der Waals surface area (Å²) in [6, 6.07) is 20.9. The number of para-hydroxylation sites is 1. The van der Waals surface area contributed by atoms with Gasteiger partial charge in [-0.25, -0.2) is 9.18 Å². The smallest absolute Gasteiger partial charge is 0.354 e. The Morgan fingerprint density at radius 1 is 0.944 bits per heavy atom. The fourth-order valence-corrected chi connectivity index (χ4v) is 4.71. The number of fused-ring (bicyclic) bond motifs is 3. The largest absolute Gasteiger partial charge is 0.452 e. The first-order chi connectivity index (χ1) is 17.4. The average Bonchev–Trinajstić information content (AvgIpc) is 3.25. The number of nitrogens with zero attached hydrogens (tertiary/aromatic N) is 2. The van der Waals surface area contributed by atoms with Gasteiger partial charge in [-0.1, -0.05) is 42.5 Å². The van der Waals surface area contributed by atoms with Crippen LogP contribution in [0.15, 0.2) is 78.9 Å². The van der Waals surface area contributed by atoms with Gasteiger partial charge in [-0.15, -0.1) is 0 Å². The van der Waals surface area contributed by atoms with Crippen molar-refractivity contribution >= 4 is 35.1 Å². The van der Waals surface area contributed by atoms with E-state index in [-0.39, 0.29) is 25.3 Å². The first-order valence-corrected chi connectivity index (χ1v) is 11.4. The fourth-order valence-electron chi connectivity index (χ4n) is 4.71. The van der Waals surface area contributed by atoms with E-state index in [0.29, 0.717) is 16.9 Å². The van der Waals surface area contributed by atoms with Crippen molar-refractivity contribution in [2.75, 3.05) is 16.8 Å². The van der Waals surface area contributed by atoms with E-state index in [9.17, 15) is 23.6 Å². The van der Waals surface area contributed by atoms with E-state index in [1.54, 1.807) is 24.3 Å². The molecule has 0 aliphatic carbocycles. The number of nitrogens with one attached hydrogen (secondary N) is 1. The van der Waals surface area contributed by atoms with Gasteiger partial charge in [0.25, 0.3) is 11.8 Å². The van der Waals surface area contributed by atoms with Crippen LogP contribution in [0, 0.1) is 5.82 Å². The SMILES string of the molecule is O=C(COC(=O)[C@]12CCC(=O)N1c1ccccc1C(=O)N2Cc1ccccc1)Nc1ccc(F)cc1. The molecule has 9 heteroatoms. The molecule has 36 heavy (non-hydrogen) atoms. The molecule has 1 N–H and O–H groups in total. The van der Waals surface area contributed by atoms with Gasteiger partial charge in [0.15, 0.2) is 6.61 Å². The van der Waals surface area contributed by atoms with Crippen LogP contribution in [0.5, 0.6) is 0 Å². The van der Waals surface area contributed by atoms with Gasteiger partial charge in [-0.05, 0) is 42.0 Å². The maximum absolute atomic E-state index is 13.7. The lowest BCUT2D eigenvalue weighted by Crippen LogP contribution is -2.68. The summed E-state index contributed by atoms with van der Waals surface area (Å²) >= 11 is 0. The van der Waals surface area contributed by atoms with E-state index in [1.807, 2.05) is 30.3 Å². The van der Waals surface area contributed by atoms with E-state index in [1.165, 1.54) is 34.1 Å². The van der Waals surface area contributed by atoms with Crippen molar-refractivity contribution in [3.63, 3.8) is 0 Å². The van der Waals surface area contributed by atoms with Gasteiger partial charge >= 0.3 is 5.97 Å². The molecule has 0 radical (unpaired) electrons. The second kappa shape index (κ2) is 9.26. The van der Waals surface area contributed by atoms with Gasteiger partial charge in [0, 0.05) is 25.1 Å². The number of carbonyl (C=O) groups excluding carboxylic acids is 4. The topological polar surface area (TPSA) is 96.0 Å². The number of halogens is 1. The number of rotatable bonds is 6. The van der Waals surface area contributed by atoms with Crippen molar-refractivity contribution in [2.24, 2.45) is 0 Å². The number of carbonyl (C=O) groups is 4. The minimum Gasteiger partial charge on any atom is -0.452 e. The number of anilines is 2. The molecule has 3 aromatic carbocycles. The summed E-state index contributed by atoms with van der Waals surface area (Å²) in [5.74, 6) is -2.69. The molecule has 0 bridgehead atoms. The summed E-state index contributed by atoms with van der Waals surface area (Å²) in [6.45, 7) is -0.580. The summed E-state index contributed by atoms with van der Waals surface area (Å²) in [5.41, 5.74) is 0.0174. The molecule has 2 heterocycles.